The Balaban J connectivity index is 1.48. The highest BCUT2D eigenvalue weighted by Crippen LogP contribution is 2.68. The van der Waals surface area contributed by atoms with Crippen molar-refractivity contribution >= 4 is 10.4 Å². The largest absolute Gasteiger partial charge is 0.397 e. The van der Waals surface area contributed by atoms with Crippen molar-refractivity contribution in [3.05, 3.63) is 0 Å². The van der Waals surface area contributed by atoms with Crippen LogP contribution in [0.5, 0.6) is 0 Å². The summed E-state index contributed by atoms with van der Waals surface area (Å²) >= 11 is 0. The van der Waals surface area contributed by atoms with Crippen LogP contribution < -0.4 is 0 Å². The monoisotopic (exact) mass is 484 g/mol. The smallest absolute Gasteiger partial charge is 0.393 e. The van der Waals surface area contributed by atoms with E-state index in [1.165, 1.54) is 44.9 Å². The summed E-state index contributed by atoms with van der Waals surface area (Å²) in [6.45, 7) is 12.1. The summed E-state index contributed by atoms with van der Waals surface area (Å²) in [4.78, 5) is 0. The average molecular weight is 485 g/mol. The fourth-order valence-corrected chi connectivity index (χ4v) is 10.1. The highest BCUT2D eigenvalue weighted by Gasteiger charge is 2.62. The van der Waals surface area contributed by atoms with Gasteiger partial charge in [0.05, 0.1) is 12.2 Å². The normalized spacial score (nSPS) is 46.5. The Morgan fingerprint density at radius 3 is 2.24 bits per heavy atom. The molecule has 0 amide bonds. The number of fused-ring (bicyclic) bond motifs is 5. The second-order valence-corrected chi connectivity index (χ2v) is 14.3. The molecule has 5 nitrogen and oxygen atoms in total. The van der Waals surface area contributed by atoms with E-state index in [1.807, 2.05) is 0 Å². The lowest BCUT2D eigenvalue weighted by atomic mass is 9.44. The first kappa shape index (κ1) is 25.9. The fraction of sp³-hybridized carbons (Fsp3) is 1.00. The third-order valence-corrected chi connectivity index (χ3v) is 11.6. The van der Waals surface area contributed by atoms with Crippen LogP contribution in [0.2, 0.25) is 0 Å². The Labute approximate surface area is 202 Å². The molecular formula is C27H48O5S. The van der Waals surface area contributed by atoms with E-state index in [-0.39, 0.29) is 11.3 Å². The molecular weight excluding hydrogens is 436 g/mol. The van der Waals surface area contributed by atoms with Crippen molar-refractivity contribution in [3.8, 4) is 0 Å². The maximum Gasteiger partial charge on any atom is 0.397 e. The molecule has 0 heterocycles. The predicted octanol–water partition coefficient (Wildman–Crippen LogP) is 6.27. The van der Waals surface area contributed by atoms with Crippen molar-refractivity contribution in [1.29, 1.82) is 0 Å². The summed E-state index contributed by atoms with van der Waals surface area (Å²) in [6.07, 6.45) is 11.1. The van der Waals surface area contributed by atoms with Gasteiger partial charge < -0.3 is 5.11 Å². The molecule has 4 fully saturated rings. The molecule has 4 aliphatic rings. The minimum absolute atomic E-state index is 0.0315. The number of rotatable bonds is 7. The molecule has 0 radical (unpaired) electrons. The maximum atomic E-state index is 11.3. The van der Waals surface area contributed by atoms with Gasteiger partial charge in [-0.3, -0.25) is 4.55 Å². The lowest BCUT2D eigenvalue weighted by Gasteiger charge is -2.62. The summed E-state index contributed by atoms with van der Waals surface area (Å²) in [6, 6.07) is 0. The van der Waals surface area contributed by atoms with Crippen LogP contribution in [0.25, 0.3) is 0 Å². The Bertz CT molecular complexity index is 796. The van der Waals surface area contributed by atoms with Gasteiger partial charge in [0.25, 0.3) is 0 Å². The highest BCUT2D eigenvalue weighted by atomic mass is 32.3. The average Bonchev–Trinajstić information content (AvgIpc) is 3.05. The van der Waals surface area contributed by atoms with Gasteiger partial charge in [0, 0.05) is 0 Å². The van der Waals surface area contributed by atoms with E-state index >= 15 is 0 Å². The van der Waals surface area contributed by atoms with Crippen LogP contribution in [0.15, 0.2) is 0 Å². The van der Waals surface area contributed by atoms with E-state index in [2.05, 4.69) is 34.6 Å². The zero-order valence-corrected chi connectivity index (χ0v) is 22.3. The summed E-state index contributed by atoms with van der Waals surface area (Å²) < 4.78 is 36.6. The molecule has 0 aromatic rings. The molecule has 0 aromatic heterocycles. The van der Waals surface area contributed by atoms with E-state index in [0.717, 1.165) is 30.6 Å². The summed E-state index contributed by atoms with van der Waals surface area (Å²) in [7, 11) is -4.45. The van der Waals surface area contributed by atoms with Crippen LogP contribution >= 0.6 is 0 Å². The van der Waals surface area contributed by atoms with Crippen molar-refractivity contribution in [2.24, 2.45) is 52.3 Å². The Hall–Kier alpha value is -0.170. The minimum atomic E-state index is -4.45. The Morgan fingerprint density at radius 2 is 1.58 bits per heavy atom. The van der Waals surface area contributed by atoms with Gasteiger partial charge in [-0.25, -0.2) is 4.18 Å². The number of aliphatic hydroxyl groups is 1. The van der Waals surface area contributed by atoms with Gasteiger partial charge in [0.15, 0.2) is 0 Å². The second kappa shape index (κ2) is 9.37. The van der Waals surface area contributed by atoms with Gasteiger partial charge >= 0.3 is 10.4 Å². The summed E-state index contributed by atoms with van der Waals surface area (Å²) in [5.74, 6) is 4.30. The van der Waals surface area contributed by atoms with Gasteiger partial charge in [-0.2, -0.15) is 8.42 Å². The van der Waals surface area contributed by atoms with Crippen molar-refractivity contribution in [2.75, 3.05) is 0 Å². The second-order valence-electron chi connectivity index (χ2n) is 13.2. The van der Waals surface area contributed by atoms with E-state index in [4.69, 9.17) is 8.74 Å². The van der Waals surface area contributed by atoms with Gasteiger partial charge in [0.2, 0.25) is 0 Å². The third kappa shape index (κ3) is 4.93. The van der Waals surface area contributed by atoms with Crippen LogP contribution in [0.4, 0.5) is 0 Å². The molecule has 0 bridgehead atoms. The molecule has 0 unspecified atom stereocenters. The molecule has 192 valence electrons. The maximum absolute atomic E-state index is 11.3. The van der Waals surface area contributed by atoms with E-state index in [0.29, 0.717) is 36.0 Å². The molecule has 0 saturated heterocycles. The molecule has 0 spiro atoms. The van der Waals surface area contributed by atoms with Crippen molar-refractivity contribution < 1.29 is 22.3 Å². The SMILES string of the molecule is CC(C)CCC[C@@H](C)[C@H]1CC[C@H]2[C@@H]3C[C@H](O)[C@H]4C[C@@H](OS(=O)(=O)O)CC[C@]4(C)[C@H]3CC[C@]12C. The summed E-state index contributed by atoms with van der Waals surface area (Å²) in [5.41, 5.74) is 0.427. The fourth-order valence-electron chi connectivity index (χ4n) is 9.55. The van der Waals surface area contributed by atoms with Gasteiger partial charge in [-0.1, -0.05) is 53.9 Å². The molecule has 4 saturated carbocycles. The predicted molar refractivity (Wildman–Crippen MR) is 131 cm³/mol. The zero-order chi connectivity index (χ0) is 24.2. The zero-order valence-electron chi connectivity index (χ0n) is 21.5. The first-order valence-electron chi connectivity index (χ1n) is 13.7. The Morgan fingerprint density at radius 1 is 0.909 bits per heavy atom. The van der Waals surface area contributed by atoms with Crippen molar-refractivity contribution in [3.63, 3.8) is 0 Å². The number of hydrogen-bond donors (Lipinski definition) is 2. The van der Waals surface area contributed by atoms with Crippen LogP contribution in [-0.4, -0.2) is 30.3 Å². The molecule has 2 N–H and O–H groups in total. The van der Waals surface area contributed by atoms with E-state index < -0.39 is 22.6 Å². The molecule has 6 heteroatoms. The first-order valence-corrected chi connectivity index (χ1v) is 15.1. The number of aliphatic hydroxyl groups excluding tert-OH is 1. The van der Waals surface area contributed by atoms with Crippen molar-refractivity contribution in [2.45, 2.75) is 117 Å². The lowest BCUT2D eigenvalue weighted by molar-refractivity contribution is -0.170. The molecule has 4 rings (SSSR count). The quantitative estimate of drug-likeness (QED) is 0.416. The summed E-state index contributed by atoms with van der Waals surface area (Å²) in [5, 5.41) is 11.3. The molecule has 33 heavy (non-hydrogen) atoms. The van der Waals surface area contributed by atoms with Gasteiger partial charge in [0.1, 0.15) is 0 Å². The topological polar surface area (TPSA) is 83.8 Å². The highest BCUT2D eigenvalue weighted by molar-refractivity contribution is 7.80. The van der Waals surface area contributed by atoms with Crippen molar-refractivity contribution in [1.82, 2.24) is 0 Å². The molecule has 0 aliphatic heterocycles. The van der Waals surface area contributed by atoms with Crippen LogP contribution in [0.3, 0.4) is 0 Å². The first-order chi connectivity index (χ1) is 15.3. The van der Waals surface area contributed by atoms with Crippen LogP contribution in [-0.2, 0) is 14.6 Å². The molecule has 10 atom stereocenters. The molecule has 4 aliphatic carbocycles. The Kier molecular flexibility index (Phi) is 7.35. The van der Waals surface area contributed by atoms with Crippen LogP contribution in [0, 0.1) is 52.3 Å². The van der Waals surface area contributed by atoms with E-state index in [9.17, 15) is 13.5 Å². The third-order valence-electron chi connectivity index (χ3n) is 11.1. The standard InChI is InChI=1S/C27H48O5S/c1-17(2)7-6-8-18(3)21-9-10-22-20-16-25(28)24-15-19(32-33(29,30)31)11-13-27(24,5)23(20)12-14-26(21,22)4/h17-25,28H,6-16H2,1-5H3,(H,29,30,31)/t18-,19+,20+,21-,22+,23+,24-,25+,26-,27-/m1/s1. The van der Waals surface area contributed by atoms with E-state index in [1.54, 1.807) is 0 Å². The van der Waals surface area contributed by atoms with Gasteiger partial charge in [-0.05, 0) is 104 Å². The number of hydrogen-bond acceptors (Lipinski definition) is 4. The van der Waals surface area contributed by atoms with Gasteiger partial charge in [-0.15, -0.1) is 0 Å². The minimum Gasteiger partial charge on any atom is -0.393 e. The lowest BCUT2D eigenvalue weighted by Crippen LogP contribution is -2.58. The molecule has 0 aromatic carbocycles. The van der Waals surface area contributed by atoms with Crippen LogP contribution in [0.1, 0.15) is 105 Å².